The zero-order chi connectivity index (χ0) is 15.3. The number of hydrogen-bond donors (Lipinski definition) is 3. The summed E-state index contributed by atoms with van der Waals surface area (Å²) in [5.41, 5.74) is 5.50. The monoisotopic (exact) mass is 339 g/mol. The number of sulfonamides is 1. The highest BCUT2D eigenvalue weighted by molar-refractivity contribution is 7.90. The number of nitrogens with two attached hydrogens (primary N) is 1. The lowest BCUT2D eigenvalue weighted by molar-refractivity contribution is 0.245. The summed E-state index contributed by atoms with van der Waals surface area (Å²) in [6.07, 6.45) is 1.63. The van der Waals surface area contributed by atoms with Gasteiger partial charge in [0.05, 0.1) is 15.7 Å². The zero-order valence-electron chi connectivity index (χ0n) is 10.7. The van der Waals surface area contributed by atoms with Gasteiger partial charge in [-0.25, -0.2) is 17.9 Å². The molecule has 0 aromatic heterocycles. The van der Waals surface area contributed by atoms with E-state index < -0.39 is 16.1 Å². The van der Waals surface area contributed by atoms with Crippen molar-refractivity contribution in [2.45, 2.75) is 24.7 Å². The summed E-state index contributed by atoms with van der Waals surface area (Å²) in [5.74, 6) is 0. The minimum Gasteiger partial charge on any atom is -0.396 e. The van der Waals surface area contributed by atoms with E-state index in [-0.39, 0.29) is 20.6 Å². The van der Waals surface area contributed by atoms with Crippen LogP contribution in [0.1, 0.15) is 19.8 Å². The standard InChI is InChI=1S/C11H15Cl2N3O3S/c1-2-3-6-15-11(17)16-20(18,19)8-5-4-7(12)10(14)9(8)13/h4-5H,2-3,6,14H2,1H3,(H2,15,16,17). The summed E-state index contributed by atoms with van der Waals surface area (Å²) in [7, 11) is -4.10. The number of rotatable bonds is 5. The van der Waals surface area contributed by atoms with Gasteiger partial charge in [-0.05, 0) is 18.6 Å². The van der Waals surface area contributed by atoms with Gasteiger partial charge in [-0.3, -0.25) is 0 Å². The highest BCUT2D eigenvalue weighted by Gasteiger charge is 2.22. The number of carbonyl (C=O) groups excluding carboxylic acids is 1. The Hall–Kier alpha value is -1.18. The van der Waals surface area contributed by atoms with Crippen molar-refractivity contribution in [3.63, 3.8) is 0 Å². The molecule has 0 aliphatic carbocycles. The molecule has 0 spiro atoms. The number of benzene rings is 1. The van der Waals surface area contributed by atoms with Gasteiger partial charge in [0, 0.05) is 6.54 Å². The lowest BCUT2D eigenvalue weighted by Crippen LogP contribution is -2.39. The summed E-state index contributed by atoms with van der Waals surface area (Å²) < 4.78 is 25.9. The van der Waals surface area contributed by atoms with Gasteiger partial charge >= 0.3 is 6.03 Å². The lowest BCUT2D eigenvalue weighted by atomic mass is 10.3. The smallest absolute Gasteiger partial charge is 0.328 e. The molecule has 4 N–H and O–H groups in total. The molecule has 1 rings (SSSR count). The van der Waals surface area contributed by atoms with Crippen molar-refractivity contribution in [3.8, 4) is 0 Å². The molecule has 2 amide bonds. The van der Waals surface area contributed by atoms with E-state index >= 15 is 0 Å². The number of carbonyl (C=O) groups is 1. The lowest BCUT2D eigenvalue weighted by Gasteiger charge is -2.11. The number of hydrogen-bond acceptors (Lipinski definition) is 4. The molecule has 0 heterocycles. The minimum atomic E-state index is -4.10. The first-order chi connectivity index (χ1) is 9.29. The number of nitrogens with one attached hydrogen (secondary N) is 2. The van der Waals surface area contributed by atoms with Gasteiger partial charge < -0.3 is 11.1 Å². The van der Waals surface area contributed by atoms with Crippen LogP contribution in [0.2, 0.25) is 10.0 Å². The van der Waals surface area contributed by atoms with E-state index in [1.54, 1.807) is 0 Å². The van der Waals surface area contributed by atoms with Gasteiger partial charge in [0.1, 0.15) is 4.90 Å². The van der Waals surface area contributed by atoms with E-state index in [1.165, 1.54) is 12.1 Å². The molecule has 0 aliphatic rings. The van der Waals surface area contributed by atoms with Crippen molar-refractivity contribution in [1.82, 2.24) is 10.0 Å². The minimum absolute atomic E-state index is 0.0531. The number of nitrogen functional groups attached to an aromatic ring is 1. The van der Waals surface area contributed by atoms with Crippen molar-refractivity contribution >= 4 is 44.9 Å². The maximum atomic E-state index is 12.0. The fraction of sp³-hybridized carbons (Fsp3) is 0.364. The van der Waals surface area contributed by atoms with Gasteiger partial charge in [-0.1, -0.05) is 36.5 Å². The highest BCUT2D eigenvalue weighted by Crippen LogP contribution is 2.32. The topological polar surface area (TPSA) is 101 Å². The van der Waals surface area contributed by atoms with Crippen LogP contribution < -0.4 is 15.8 Å². The Morgan fingerprint density at radius 2 is 2.00 bits per heavy atom. The normalized spacial score (nSPS) is 11.2. The van der Waals surface area contributed by atoms with Crippen LogP contribution in [0.3, 0.4) is 0 Å². The van der Waals surface area contributed by atoms with E-state index in [9.17, 15) is 13.2 Å². The maximum Gasteiger partial charge on any atom is 0.328 e. The average Bonchev–Trinajstić information content (AvgIpc) is 2.35. The van der Waals surface area contributed by atoms with E-state index in [0.717, 1.165) is 12.8 Å². The molecule has 9 heteroatoms. The molecule has 0 aliphatic heterocycles. The Kier molecular flexibility index (Phi) is 5.91. The first-order valence-electron chi connectivity index (χ1n) is 5.83. The second-order valence-electron chi connectivity index (χ2n) is 3.99. The number of anilines is 1. The molecule has 20 heavy (non-hydrogen) atoms. The van der Waals surface area contributed by atoms with Crippen LogP contribution >= 0.6 is 23.2 Å². The number of unbranched alkanes of at least 4 members (excludes halogenated alkanes) is 1. The summed E-state index contributed by atoms with van der Waals surface area (Å²) in [4.78, 5) is 11.2. The predicted molar refractivity (Wildman–Crippen MR) is 79.5 cm³/mol. The predicted octanol–water partition coefficient (Wildman–Crippen LogP) is 2.36. The molecule has 0 fully saturated rings. The van der Waals surface area contributed by atoms with Crippen molar-refractivity contribution in [2.75, 3.05) is 12.3 Å². The van der Waals surface area contributed by atoms with Crippen LogP contribution in [-0.4, -0.2) is 21.0 Å². The van der Waals surface area contributed by atoms with Crippen molar-refractivity contribution in [2.24, 2.45) is 0 Å². The third-order valence-corrected chi connectivity index (χ3v) is 4.65. The van der Waals surface area contributed by atoms with Crippen molar-refractivity contribution in [1.29, 1.82) is 0 Å². The Labute approximate surface area is 127 Å². The molecule has 0 bridgehead atoms. The fourth-order valence-corrected chi connectivity index (χ4v) is 3.04. The quantitative estimate of drug-likeness (QED) is 0.566. The molecule has 112 valence electrons. The summed E-state index contributed by atoms with van der Waals surface area (Å²) in [6, 6.07) is 1.66. The molecular formula is C11H15Cl2N3O3S. The van der Waals surface area contributed by atoms with Crippen LogP contribution in [-0.2, 0) is 10.0 Å². The number of urea groups is 1. The molecule has 0 radical (unpaired) electrons. The molecule has 0 saturated carbocycles. The summed E-state index contributed by atoms with van der Waals surface area (Å²) >= 11 is 11.6. The van der Waals surface area contributed by atoms with Crippen LogP contribution in [0.25, 0.3) is 0 Å². The number of halogens is 2. The van der Waals surface area contributed by atoms with E-state index in [1.807, 2.05) is 11.6 Å². The molecule has 0 unspecified atom stereocenters. The molecule has 6 nitrogen and oxygen atoms in total. The first-order valence-corrected chi connectivity index (χ1v) is 8.07. The van der Waals surface area contributed by atoms with Crippen molar-refractivity contribution < 1.29 is 13.2 Å². The first kappa shape index (κ1) is 16.9. The van der Waals surface area contributed by atoms with Gasteiger partial charge in [0.2, 0.25) is 0 Å². The highest BCUT2D eigenvalue weighted by atomic mass is 35.5. The molecule has 0 atom stereocenters. The third-order valence-electron chi connectivity index (χ3n) is 2.42. The van der Waals surface area contributed by atoms with E-state index in [4.69, 9.17) is 28.9 Å². The average molecular weight is 340 g/mol. The fourth-order valence-electron chi connectivity index (χ4n) is 1.35. The van der Waals surface area contributed by atoms with Gasteiger partial charge in [-0.2, -0.15) is 0 Å². The molecule has 1 aromatic carbocycles. The largest absolute Gasteiger partial charge is 0.396 e. The molecule has 1 aromatic rings. The van der Waals surface area contributed by atoms with Gasteiger partial charge in [-0.15, -0.1) is 0 Å². The molecular weight excluding hydrogens is 325 g/mol. The van der Waals surface area contributed by atoms with Gasteiger partial charge in [0.25, 0.3) is 10.0 Å². The van der Waals surface area contributed by atoms with Crippen LogP contribution in [0.15, 0.2) is 17.0 Å². The summed E-state index contributed by atoms with van der Waals surface area (Å²) in [5, 5.41) is 2.35. The van der Waals surface area contributed by atoms with Crippen LogP contribution in [0.5, 0.6) is 0 Å². The Morgan fingerprint density at radius 3 is 2.60 bits per heavy atom. The number of amides is 2. The van der Waals surface area contributed by atoms with E-state index in [2.05, 4.69) is 5.32 Å². The van der Waals surface area contributed by atoms with Crippen molar-refractivity contribution in [3.05, 3.63) is 22.2 Å². The Bertz CT molecular complexity index is 605. The second kappa shape index (κ2) is 7.01. The molecule has 0 saturated heterocycles. The SMILES string of the molecule is CCCCNC(=O)NS(=O)(=O)c1ccc(Cl)c(N)c1Cl. The third kappa shape index (κ3) is 4.16. The van der Waals surface area contributed by atoms with Crippen LogP contribution in [0, 0.1) is 0 Å². The van der Waals surface area contributed by atoms with Gasteiger partial charge in [0.15, 0.2) is 0 Å². The zero-order valence-corrected chi connectivity index (χ0v) is 13.1. The maximum absolute atomic E-state index is 12.0. The Balaban J connectivity index is 2.90. The van der Waals surface area contributed by atoms with Crippen LogP contribution in [0.4, 0.5) is 10.5 Å². The Morgan fingerprint density at radius 1 is 1.35 bits per heavy atom. The second-order valence-corrected chi connectivity index (χ2v) is 6.42. The summed E-state index contributed by atoms with van der Waals surface area (Å²) in [6.45, 7) is 2.33. The van der Waals surface area contributed by atoms with E-state index in [0.29, 0.717) is 6.54 Å².